The Kier molecular flexibility index (Phi) is 3.99. The van der Waals surface area contributed by atoms with E-state index in [-0.39, 0.29) is 16.9 Å². The minimum atomic E-state index is -0.00541. The smallest absolute Gasteiger partial charge is 0.254 e. The van der Waals surface area contributed by atoms with Crippen molar-refractivity contribution in [2.24, 2.45) is 5.41 Å². The lowest BCUT2D eigenvalue weighted by atomic mass is 9.78. The van der Waals surface area contributed by atoms with Crippen LogP contribution in [0.2, 0.25) is 5.15 Å². The Bertz CT molecular complexity index is 461. The third kappa shape index (κ3) is 3.18. The fourth-order valence-corrected chi connectivity index (χ4v) is 2.64. The number of nitrogens with zero attached hydrogens (tertiary/aromatic N) is 2. The van der Waals surface area contributed by atoms with Crippen molar-refractivity contribution in [1.82, 2.24) is 9.88 Å². The predicted octanol–water partition coefficient (Wildman–Crippen LogP) is 2.97. The fraction of sp³-hybridized carbons (Fsp3) is 0.571. The van der Waals surface area contributed by atoms with E-state index in [2.05, 4.69) is 18.8 Å². The molecule has 2 N–H and O–H groups in total. The number of nitrogens with two attached hydrogens (primary N) is 1. The zero-order valence-electron chi connectivity index (χ0n) is 11.4. The molecule has 1 aromatic rings. The highest BCUT2D eigenvalue weighted by atomic mass is 35.5. The number of hydrogen-bond acceptors (Lipinski definition) is 3. The SMILES string of the molecule is CCC1(C)CCN(C(=O)c2cc(N)nc(Cl)c2)CC1. The summed E-state index contributed by atoms with van der Waals surface area (Å²) in [4.78, 5) is 18.1. The quantitative estimate of drug-likeness (QED) is 0.848. The van der Waals surface area contributed by atoms with E-state index in [1.807, 2.05) is 4.90 Å². The number of halogens is 1. The number of likely N-dealkylation sites (tertiary alicyclic amines) is 1. The minimum absolute atomic E-state index is 0.00541. The van der Waals surface area contributed by atoms with E-state index in [1.54, 1.807) is 12.1 Å². The zero-order valence-corrected chi connectivity index (χ0v) is 12.2. The molecule has 1 aliphatic heterocycles. The van der Waals surface area contributed by atoms with E-state index in [4.69, 9.17) is 17.3 Å². The molecule has 2 heterocycles. The van der Waals surface area contributed by atoms with Crippen molar-refractivity contribution >= 4 is 23.3 Å². The van der Waals surface area contributed by atoms with E-state index in [1.165, 1.54) is 0 Å². The summed E-state index contributed by atoms with van der Waals surface area (Å²) < 4.78 is 0. The van der Waals surface area contributed by atoms with Crippen LogP contribution in [0, 0.1) is 5.41 Å². The first-order valence-electron chi connectivity index (χ1n) is 6.66. The molecule has 5 heteroatoms. The van der Waals surface area contributed by atoms with Crippen LogP contribution in [0.5, 0.6) is 0 Å². The molecule has 1 aromatic heterocycles. The highest BCUT2D eigenvalue weighted by Crippen LogP contribution is 2.34. The fourth-order valence-electron chi connectivity index (χ4n) is 2.43. The third-order valence-electron chi connectivity index (χ3n) is 4.17. The summed E-state index contributed by atoms with van der Waals surface area (Å²) in [7, 11) is 0. The molecule has 0 aromatic carbocycles. The number of amides is 1. The summed E-state index contributed by atoms with van der Waals surface area (Å²) in [5, 5.41) is 0.263. The number of pyridine rings is 1. The van der Waals surface area contributed by atoms with Crippen molar-refractivity contribution in [3.8, 4) is 0 Å². The van der Waals surface area contributed by atoms with E-state index < -0.39 is 0 Å². The van der Waals surface area contributed by atoms with Gasteiger partial charge in [0.05, 0.1) is 0 Å². The van der Waals surface area contributed by atoms with Gasteiger partial charge in [-0.1, -0.05) is 31.9 Å². The standard InChI is InChI=1S/C14H20ClN3O/c1-3-14(2)4-6-18(7-5-14)13(19)10-8-11(15)17-12(16)9-10/h8-9H,3-7H2,1-2H3,(H2,16,17). The lowest BCUT2D eigenvalue weighted by Crippen LogP contribution is -2.42. The molecule has 4 nitrogen and oxygen atoms in total. The number of hydrogen-bond donors (Lipinski definition) is 1. The maximum atomic E-state index is 12.4. The first-order valence-corrected chi connectivity index (χ1v) is 7.04. The summed E-state index contributed by atoms with van der Waals surface area (Å²) in [6.07, 6.45) is 3.25. The van der Waals surface area contributed by atoms with Gasteiger partial charge >= 0.3 is 0 Å². The number of piperidine rings is 1. The van der Waals surface area contributed by atoms with Gasteiger partial charge in [-0.3, -0.25) is 4.79 Å². The minimum Gasteiger partial charge on any atom is -0.384 e. The molecule has 1 fully saturated rings. The summed E-state index contributed by atoms with van der Waals surface area (Å²) in [6, 6.07) is 3.16. The van der Waals surface area contributed by atoms with E-state index in [9.17, 15) is 4.79 Å². The molecule has 0 unspecified atom stereocenters. The molecule has 0 atom stereocenters. The second kappa shape index (κ2) is 5.37. The Morgan fingerprint density at radius 1 is 1.47 bits per heavy atom. The van der Waals surface area contributed by atoms with Crippen molar-refractivity contribution in [1.29, 1.82) is 0 Å². The van der Waals surface area contributed by atoms with Crippen molar-refractivity contribution in [2.45, 2.75) is 33.1 Å². The molecule has 104 valence electrons. The van der Waals surface area contributed by atoms with Gasteiger partial charge in [0.1, 0.15) is 11.0 Å². The Hall–Kier alpha value is -1.29. The highest BCUT2D eigenvalue weighted by molar-refractivity contribution is 6.29. The zero-order chi connectivity index (χ0) is 14.0. The summed E-state index contributed by atoms with van der Waals surface area (Å²) in [5.41, 5.74) is 6.52. The van der Waals surface area contributed by atoms with Gasteiger partial charge in [-0.15, -0.1) is 0 Å². The monoisotopic (exact) mass is 281 g/mol. The number of nitrogen functional groups attached to an aromatic ring is 1. The predicted molar refractivity (Wildman–Crippen MR) is 77.2 cm³/mol. The van der Waals surface area contributed by atoms with Crippen LogP contribution in [0.15, 0.2) is 12.1 Å². The van der Waals surface area contributed by atoms with E-state index >= 15 is 0 Å². The van der Waals surface area contributed by atoms with Gasteiger partial charge in [0.15, 0.2) is 0 Å². The second-order valence-electron chi connectivity index (χ2n) is 5.56. The molecule has 1 saturated heterocycles. The first kappa shape index (κ1) is 14.1. The van der Waals surface area contributed by atoms with E-state index in [0.29, 0.717) is 11.0 Å². The van der Waals surface area contributed by atoms with Gasteiger partial charge in [0.2, 0.25) is 0 Å². The largest absolute Gasteiger partial charge is 0.384 e. The molecule has 2 rings (SSSR count). The van der Waals surface area contributed by atoms with Crippen LogP contribution in [-0.2, 0) is 0 Å². The number of rotatable bonds is 2. The molecule has 0 spiro atoms. The Morgan fingerprint density at radius 2 is 2.11 bits per heavy atom. The number of anilines is 1. The lowest BCUT2D eigenvalue weighted by molar-refractivity contribution is 0.0600. The average molecular weight is 282 g/mol. The van der Waals surface area contributed by atoms with E-state index in [0.717, 1.165) is 32.4 Å². The van der Waals surface area contributed by atoms with Crippen molar-refractivity contribution in [2.75, 3.05) is 18.8 Å². The van der Waals surface area contributed by atoms with Gasteiger partial charge in [-0.2, -0.15) is 0 Å². The van der Waals surface area contributed by atoms with Crippen LogP contribution in [-0.4, -0.2) is 28.9 Å². The maximum Gasteiger partial charge on any atom is 0.254 e. The van der Waals surface area contributed by atoms with Gasteiger partial charge in [-0.05, 0) is 30.4 Å². The second-order valence-corrected chi connectivity index (χ2v) is 5.95. The Morgan fingerprint density at radius 3 is 2.63 bits per heavy atom. The number of carbonyl (C=O) groups is 1. The van der Waals surface area contributed by atoms with Crippen molar-refractivity contribution in [3.63, 3.8) is 0 Å². The highest BCUT2D eigenvalue weighted by Gasteiger charge is 2.30. The molecule has 1 amide bonds. The van der Waals surface area contributed by atoms with Gasteiger partial charge in [0, 0.05) is 18.7 Å². The van der Waals surface area contributed by atoms with Crippen LogP contribution >= 0.6 is 11.6 Å². The molecular weight excluding hydrogens is 262 g/mol. The number of aromatic nitrogens is 1. The lowest BCUT2D eigenvalue weighted by Gasteiger charge is -2.39. The normalized spacial score (nSPS) is 18.4. The molecule has 0 bridgehead atoms. The van der Waals surface area contributed by atoms with Crippen molar-refractivity contribution in [3.05, 3.63) is 22.8 Å². The maximum absolute atomic E-state index is 12.4. The summed E-state index contributed by atoms with van der Waals surface area (Å²) in [5.74, 6) is 0.278. The topological polar surface area (TPSA) is 59.2 Å². The molecule has 0 aliphatic carbocycles. The summed E-state index contributed by atoms with van der Waals surface area (Å²) >= 11 is 5.84. The Labute approximate surface area is 118 Å². The average Bonchev–Trinajstić information content (AvgIpc) is 2.38. The summed E-state index contributed by atoms with van der Waals surface area (Å²) in [6.45, 7) is 6.09. The molecule has 0 saturated carbocycles. The van der Waals surface area contributed by atoms with Crippen LogP contribution < -0.4 is 5.73 Å². The van der Waals surface area contributed by atoms with Gasteiger partial charge < -0.3 is 10.6 Å². The Balaban J connectivity index is 2.09. The number of carbonyl (C=O) groups excluding carboxylic acids is 1. The van der Waals surface area contributed by atoms with Gasteiger partial charge in [-0.25, -0.2) is 4.98 Å². The van der Waals surface area contributed by atoms with Crippen LogP contribution in [0.25, 0.3) is 0 Å². The van der Waals surface area contributed by atoms with Crippen LogP contribution in [0.3, 0.4) is 0 Å². The third-order valence-corrected chi connectivity index (χ3v) is 4.37. The van der Waals surface area contributed by atoms with Crippen LogP contribution in [0.4, 0.5) is 5.82 Å². The molecular formula is C14H20ClN3O. The molecule has 1 aliphatic rings. The molecule has 19 heavy (non-hydrogen) atoms. The van der Waals surface area contributed by atoms with Crippen LogP contribution in [0.1, 0.15) is 43.5 Å². The first-order chi connectivity index (χ1) is 8.93. The molecule has 0 radical (unpaired) electrons. The van der Waals surface area contributed by atoms with Gasteiger partial charge in [0.25, 0.3) is 5.91 Å². The van der Waals surface area contributed by atoms with Crippen molar-refractivity contribution < 1.29 is 4.79 Å².